The fourth-order valence-electron chi connectivity index (χ4n) is 3.73. The van der Waals surface area contributed by atoms with Gasteiger partial charge >= 0.3 is 0 Å². The highest BCUT2D eigenvalue weighted by Gasteiger charge is 2.24. The number of benzene rings is 2. The zero-order valence-electron chi connectivity index (χ0n) is 17.5. The molecule has 31 heavy (non-hydrogen) atoms. The van der Waals surface area contributed by atoms with Gasteiger partial charge in [-0.15, -0.1) is 0 Å². The fourth-order valence-corrected chi connectivity index (χ4v) is 3.73. The standard InChI is InChI=1S/C25H24N4O2/c1-19-5-2-6-20(15-19)18-31-23-9-3-7-21(16-23)25(30)29-13-11-28(12-14-29)24-22(17-26)8-4-10-27-24/h2-10,15-16H,11-14,18H2,1H3. The molecule has 0 atom stereocenters. The number of carbonyl (C=O) groups is 1. The Morgan fingerprint density at radius 1 is 1.06 bits per heavy atom. The van der Waals surface area contributed by atoms with E-state index in [1.165, 1.54) is 5.56 Å². The average molecular weight is 412 g/mol. The first kappa shape index (κ1) is 20.4. The molecule has 0 saturated carbocycles. The number of rotatable bonds is 5. The summed E-state index contributed by atoms with van der Waals surface area (Å²) in [6, 6.07) is 21.2. The van der Waals surface area contributed by atoms with Crippen molar-refractivity contribution in [2.75, 3.05) is 31.1 Å². The van der Waals surface area contributed by atoms with Crippen molar-refractivity contribution >= 4 is 11.7 Å². The molecule has 1 saturated heterocycles. The Morgan fingerprint density at radius 3 is 2.65 bits per heavy atom. The Hall–Kier alpha value is -3.85. The van der Waals surface area contributed by atoms with E-state index in [-0.39, 0.29) is 5.91 Å². The summed E-state index contributed by atoms with van der Waals surface area (Å²) in [4.78, 5) is 21.3. The number of hydrogen-bond acceptors (Lipinski definition) is 5. The van der Waals surface area contributed by atoms with Crippen LogP contribution in [0.3, 0.4) is 0 Å². The van der Waals surface area contributed by atoms with Crippen LogP contribution in [0.15, 0.2) is 66.9 Å². The minimum atomic E-state index is -0.0119. The smallest absolute Gasteiger partial charge is 0.254 e. The molecule has 0 radical (unpaired) electrons. The van der Waals surface area contributed by atoms with Crippen LogP contribution in [-0.2, 0) is 6.61 Å². The first-order valence-corrected chi connectivity index (χ1v) is 10.3. The minimum Gasteiger partial charge on any atom is -0.489 e. The molecule has 3 aromatic rings. The molecule has 6 nitrogen and oxygen atoms in total. The van der Waals surface area contributed by atoms with Gasteiger partial charge in [0.15, 0.2) is 0 Å². The van der Waals surface area contributed by atoms with Crippen LogP contribution < -0.4 is 9.64 Å². The lowest BCUT2D eigenvalue weighted by Gasteiger charge is -2.35. The van der Waals surface area contributed by atoms with Crippen LogP contribution in [0, 0.1) is 18.3 Å². The molecule has 1 amide bonds. The summed E-state index contributed by atoms with van der Waals surface area (Å²) in [6.45, 7) is 4.95. The van der Waals surface area contributed by atoms with Crippen molar-refractivity contribution in [3.63, 3.8) is 0 Å². The third-order valence-electron chi connectivity index (χ3n) is 5.34. The Labute approximate surface area is 182 Å². The number of aryl methyl sites for hydroxylation is 1. The molecule has 0 spiro atoms. The van der Waals surface area contributed by atoms with Crippen LogP contribution in [-0.4, -0.2) is 42.0 Å². The van der Waals surface area contributed by atoms with Gasteiger partial charge < -0.3 is 14.5 Å². The second-order valence-corrected chi connectivity index (χ2v) is 7.57. The van der Waals surface area contributed by atoms with E-state index in [4.69, 9.17) is 4.74 Å². The van der Waals surface area contributed by atoms with Gasteiger partial charge in [-0.25, -0.2) is 4.98 Å². The van der Waals surface area contributed by atoms with Crippen LogP contribution in [0.4, 0.5) is 5.82 Å². The number of ether oxygens (including phenoxy) is 1. The molecule has 0 bridgehead atoms. The van der Waals surface area contributed by atoms with Gasteiger partial charge in [0.2, 0.25) is 0 Å². The normalized spacial score (nSPS) is 13.5. The molecular weight excluding hydrogens is 388 g/mol. The van der Waals surface area contributed by atoms with Crippen LogP contribution >= 0.6 is 0 Å². The molecule has 2 heterocycles. The average Bonchev–Trinajstić information content (AvgIpc) is 2.82. The number of carbonyl (C=O) groups excluding carboxylic acids is 1. The van der Waals surface area contributed by atoms with Crippen molar-refractivity contribution < 1.29 is 9.53 Å². The van der Waals surface area contributed by atoms with Gasteiger partial charge in [0, 0.05) is 37.9 Å². The van der Waals surface area contributed by atoms with Crippen molar-refractivity contribution in [1.82, 2.24) is 9.88 Å². The minimum absolute atomic E-state index is 0.0119. The predicted octanol–water partition coefficient (Wildman–Crippen LogP) is 3.80. The number of nitriles is 1. The van der Waals surface area contributed by atoms with Crippen molar-refractivity contribution in [2.45, 2.75) is 13.5 Å². The van der Waals surface area contributed by atoms with Gasteiger partial charge in [0.25, 0.3) is 5.91 Å². The summed E-state index contributed by atoms with van der Waals surface area (Å²) in [5, 5.41) is 9.30. The Bertz CT molecular complexity index is 1110. The van der Waals surface area contributed by atoms with E-state index in [1.54, 1.807) is 24.4 Å². The number of pyridine rings is 1. The van der Waals surface area contributed by atoms with Gasteiger partial charge in [-0.1, -0.05) is 35.9 Å². The molecule has 1 fully saturated rings. The van der Waals surface area contributed by atoms with Crippen LogP contribution in [0.2, 0.25) is 0 Å². The molecule has 0 N–H and O–H groups in total. The lowest BCUT2D eigenvalue weighted by Crippen LogP contribution is -2.49. The summed E-state index contributed by atoms with van der Waals surface area (Å²) in [5.41, 5.74) is 3.46. The van der Waals surface area contributed by atoms with Crippen molar-refractivity contribution in [3.8, 4) is 11.8 Å². The number of aromatic nitrogens is 1. The zero-order valence-corrected chi connectivity index (χ0v) is 17.5. The van der Waals surface area contributed by atoms with Gasteiger partial charge in [0.1, 0.15) is 24.2 Å². The highest BCUT2D eigenvalue weighted by Crippen LogP contribution is 2.21. The highest BCUT2D eigenvalue weighted by molar-refractivity contribution is 5.94. The molecule has 0 aliphatic carbocycles. The Balaban J connectivity index is 1.38. The van der Waals surface area contributed by atoms with E-state index in [2.05, 4.69) is 35.0 Å². The predicted molar refractivity (Wildman–Crippen MR) is 119 cm³/mol. The molecule has 1 aromatic heterocycles. The van der Waals surface area contributed by atoms with Crippen LogP contribution in [0.1, 0.15) is 27.0 Å². The van der Waals surface area contributed by atoms with Crippen molar-refractivity contribution in [2.24, 2.45) is 0 Å². The summed E-state index contributed by atoms with van der Waals surface area (Å²) in [5.74, 6) is 1.35. The van der Waals surface area contributed by atoms with E-state index >= 15 is 0 Å². The quantitative estimate of drug-likeness (QED) is 0.638. The summed E-state index contributed by atoms with van der Waals surface area (Å²) < 4.78 is 5.91. The Morgan fingerprint density at radius 2 is 1.87 bits per heavy atom. The van der Waals surface area contributed by atoms with Crippen molar-refractivity contribution in [1.29, 1.82) is 5.26 Å². The second kappa shape index (κ2) is 9.31. The summed E-state index contributed by atoms with van der Waals surface area (Å²) in [6.07, 6.45) is 1.69. The monoisotopic (exact) mass is 412 g/mol. The number of anilines is 1. The van der Waals surface area contributed by atoms with E-state index in [0.29, 0.717) is 55.5 Å². The maximum absolute atomic E-state index is 13.0. The lowest BCUT2D eigenvalue weighted by molar-refractivity contribution is 0.0746. The number of nitrogens with zero attached hydrogens (tertiary/aromatic N) is 4. The molecule has 1 aliphatic heterocycles. The van der Waals surface area contributed by atoms with E-state index in [0.717, 1.165) is 5.56 Å². The molecule has 0 unspecified atom stereocenters. The topological polar surface area (TPSA) is 69.5 Å². The van der Waals surface area contributed by atoms with Gasteiger partial charge in [-0.05, 0) is 42.8 Å². The van der Waals surface area contributed by atoms with E-state index in [1.807, 2.05) is 35.2 Å². The Kier molecular flexibility index (Phi) is 6.13. The third-order valence-corrected chi connectivity index (χ3v) is 5.34. The molecule has 4 rings (SSSR count). The maximum atomic E-state index is 13.0. The molecule has 156 valence electrons. The number of amides is 1. The van der Waals surface area contributed by atoms with Gasteiger partial charge in [-0.3, -0.25) is 4.79 Å². The maximum Gasteiger partial charge on any atom is 0.254 e. The number of hydrogen-bond donors (Lipinski definition) is 0. The van der Waals surface area contributed by atoms with Gasteiger partial charge in [-0.2, -0.15) is 5.26 Å². The molecular formula is C25H24N4O2. The molecule has 6 heteroatoms. The van der Waals surface area contributed by atoms with Gasteiger partial charge in [0.05, 0.1) is 5.56 Å². The SMILES string of the molecule is Cc1cccc(COc2cccc(C(=O)N3CCN(c4ncccc4C#N)CC3)c2)c1. The van der Waals surface area contributed by atoms with Crippen molar-refractivity contribution in [3.05, 3.63) is 89.1 Å². The third kappa shape index (κ3) is 4.84. The highest BCUT2D eigenvalue weighted by atomic mass is 16.5. The van der Waals surface area contributed by atoms with E-state index < -0.39 is 0 Å². The fraction of sp³-hybridized carbons (Fsp3) is 0.240. The lowest BCUT2D eigenvalue weighted by atomic mass is 10.1. The largest absolute Gasteiger partial charge is 0.489 e. The molecule has 2 aromatic carbocycles. The van der Waals surface area contributed by atoms with Crippen LogP contribution in [0.5, 0.6) is 5.75 Å². The molecule has 1 aliphatic rings. The van der Waals surface area contributed by atoms with Crippen LogP contribution in [0.25, 0.3) is 0 Å². The van der Waals surface area contributed by atoms with E-state index in [9.17, 15) is 10.1 Å². The first-order valence-electron chi connectivity index (χ1n) is 10.3. The first-order chi connectivity index (χ1) is 15.1. The summed E-state index contributed by atoms with van der Waals surface area (Å²) in [7, 11) is 0. The number of piperazine rings is 1. The second-order valence-electron chi connectivity index (χ2n) is 7.57. The zero-order chi connectivity index (χ0) is 21.6. The summed E-state index contributed by atoms with van der Waals surface area (Å²) >= 11 is 0.